The first-order valence-corrected chi connectivity index (χ1v) is 10.4. The largest absolute Gasteiger partial charge is 0.493 e. The molecule has 0 aliphatic carbocycles. The van der Waals surface area contributed by atoms with Gasteiger partial charge in [-0.1, -0.05) is 49.7 Å². The molecule has 0 bridgehead atoms. The minimum Gasteiger partial charge on any atom is -0.493 e. The molecule has 3 aromatic rings. The van der Waals surface area contributed by atoms with Crippen molar-refractivity contribution in [2.45, 2.75) is 33.6 Å². The van der Waals surface area contributed by atoms with Gasteiger partial charge in [-0.15, -0.1) is 0 Å². The van der Waals surface area contributed by atoms with E-state index >= 15 is 0 Å². The van der Waals surface area contributed by atoms with Crippen LogP contribution in [0.25, 0.3) is 10.8 Å². The maximum atomic E-state index is 12.2. The average molecular weight is 404 g/mol. The zero-order valence-electron chi connectivity index (χ0n) is 17.9. The Hall–Kier alpha value is -3.34. The van der Waals surface area contributed by atoms with Crippen LogP contribution in [0.5, 0.6) is 5.75 Å². The molecule has 1 amide bonds. The number of rotatable bonds is 9. The van der Waals surface area contributed by atoms with Crippen LogP contribution >= 0.6 is 0 Å². The molecule has 0 fully saturated rings. The smallest absolute Gasteiger partial charge is 0.259 e. The predicted octanol–water partition coefficient (Wildman–Crippen LogP) is 5.20. The Morgan fingerprint density at radius 2 is 1.90 bits per heavy atom. The van der Waals surface area contributed by atoms with Gasteiger partial charge in [-0.2, -0.15) is 5.10 Å². The Morgan fingerprint density at radius 1 is 1.07 bits per heavy atom. The van der Waals surface area contributed by atoms with E-state index in [9.17, 15) is 4.79 Å². The Balaban J connectivity index is 1.67. The lowest BCUT2D eigenvalue weighted by atomic mass is 10.0. The van der Waals surface area contributed by atoms with Crippen LogP contribution in [0.1, 0.15) is 36.5 Å². The molecule has 0 aliphatic heterocycles. The number of amides is 1. The van der Waals surface area contributed by atoms with E-state index in [2.05, 4.69) is 42.7 Å². The number of carbonyl (C=O) groups is 1. The summed E-state index contributed by atoms with van der Waals surface area (Å²) in [6.45, 7) is 7.05. The van der Waals surface area contributed by atoms with Crippen molar-refractivity contribution in [2.24, 2.45) is 5.10 Å². The number of hydrogen-bond acceptors (Lipinski definition) is 4. The highest BCUT2D eigenvalue weighted by Crippen LogP contribution is 2.27. The summed E-state index contributed by atoms with van der Waals surface area (Å²) in [6, 6.07) is 18.1. The molecule has 3 rings (SSSR count). The number of carbonyl (C=O) groups excluding carboxylic acids is 1. The summed E-state index contributed by atoms with van der Waals surface area (Å²) in [5, 5.41) is 9.45. The van der Waals surface area contributed by atoms with Gasteiger partial charge in [0.1, 0.15) is 5.75 Å². The second-order valence-electron chi connectivity index (χ2n) is 7.35. The first-order chi connectivity index (χ1) is 14.6. The van der Waals surface area contributed by atoms with E-state index in [0.717, 1.165) is 40.6 Å². The lowest BCUT2D eigenvalue weighted by Crippen LogP contribution is -2.25. The van der Waals surface area contributed by atoms with Crippen molar-refractivity contribution in [3.05, 3.63) is 71.3 Å². The Bertz CT molecular complexity index is 1040. The maximum absolute atomic E-state index is 12.2. The van der Waals surface area contributed by atoms with Crippen molar-refractivity contribution in [3.63, 3.8) is 0 Å². The first kappa shape index (κ1) is 21.4. The molecule has 5 heteroatoms. The van der Waals surface area contributed by atoms with E-state index in [1.165, 1.54) is 11.1 Å². The third kappa shape index (κ3) is 5.60. The molecule has 0 unspecified atom stereocenters. The molecule has 0 radical (unpaired) electrons. The fraction of sp³-hybridized carbons (Fsp3) is 0.280. The third-order valence-electron chi connectivity index (χ3n) is 5.03. The van der Waals surface area contributed by atoms with Crippen LogP contribution in [0.2, 0.25) is 0 Å². The molecule has 0 spiro atoms. The number of anilines is 1. The van der Waals surface area contributed by atoms with Gasteiger partial charge in [0.05, 0.1) is 19.4 Å². The SMILES string of the molecule is CCCCOc1ccc2ccccc2c1/C=N\NC(=O)CNc1ccc(C)c(C)c1. The highest BCUT2D eigenvalue weighted by molar-refractivity contribution is 6.02. The number of fused-ring (bicyclic) bond motifs is 1. The summed E-state index contributed by atoms with van der Waals surface area (Å²) in [6.07, 6.45) is 3.72. The topological polar surface area (TPSA) is 62.7 Å². The standard InChI is InChI=1S/C25H29N3O2/c1-4-5-14-30-24-13-11-20-8-6-7-9-22(20)23(24)16-27-28-25(29)17-26-21-12-10-18(2)19(3)15-21/h6-13,15-16,26H,4-5,14,17H2,1-3H3,(H,28,29)/b27-16-. The number of nitrogens with zero attached hydrogens (tertiary/aromatic N) is 1. The quantitative estimate of drug-likeness (QED) is 0.293. The molecule has 5 nitrogen and oxygen atoms in total. The van der Waals surface area contributed by atoms with Crippen LogP contribution in [0.3, 0.4) is 0 Å². The number of hydrazone groups is 1. The van der Waals surface area contributed by atoms with Crippen molar-refractivity contribution >= 4 is 28.6 Å². The molecule has 2 N–H and O–H groups in total. The van der Waals surface area contributed by atoms with Gasteiger partial charge in [-0.3, -0.25) is 4.79 Å². The molecular formula is C25H29N3O2. The van der Waals surface area contributed by atoms with E-state index in [1.54, 1.807) is 6.21 Å². The summed E-state index contributed by atoms with van der Waals surface area (Å²) in [7, 11) is 0. The predicted molar refractivity (Wildman–Crippen MR) is 124 cm³/mol. The normalized spacial score (nSPS) is 11.0. The molecule has 0 heterocycles. The van der Waals surface area contributed by atoms with Crippen molar-refractivity contribution in [1.82, 2.24) is 5.43 Å². The maximum Gasteiger partial charge on any atom is 0.259 e. The van der Waals surface area contributed by atoms with Gasteiger partial charge in [0, 0.05) is 11.3 Å². The Morgan fingerprint density at radius 3 is 2.70 bits per heavy atom. The third-order valence-corrected chi connectivity index (χ3v) is 5.03. The minimum atomic E-state index is -0.210. The van der Waals surface area contributed by atoms with Gasteiger partial charge in [-0.25, -0.2) is 5.43 Å². The van der Waals surface area contributed by atoms with Crippen LogP contribution in [-0.2, 0) is 4.79 Å². The van der Waals surface area contributed by atoms with Crippen LogP contribution in [0, 0.1) is 13.8 Å². The molecule has 0 aliphatic rings. The minimum absolute atomic E-state index is 0.148. The van der Waals surface area contributed by atoms with Crippen LogP contribution < -0.4 is 15.5 Å². The van der Waals surface area contributed by atoms with Crippen LogP contribution in [0.15, 0.2) is 59.7 Å². The van der Waals surface area contributed by atoms with E-state index in [4.69, 9.17) is 4.74 Å². The molecule has 30 heavy (non-hydrogen) atoms. The molecule has 0 aromatic heterocycles. The molecule has 3 aromatic carbocycles. The van der Waals surface area contributed by atoms with Crippen molar-refractivity contribution < 1.29 is 9.53 Å². The lowest BCUT2D eigenvalue weighted by molar-refractivity contribution is -0.119. The number of nitrogens with one attached hydrogen (secondary N) is 2. The second-order valence-corrected chi connectivity index (χ2v) is 7.35. The van der Waals surface area contributed by atoms with E-state index in [0.29, 0.717) is 6.61 Å². The van der Waals surface area contributed by atoms with Gasteiger partial charge < -0.3 is 10.1 Å². The highest BCUT2D eigenvalue weighted by Gasteiger charge is 2.08. The summed E-state index contributed by atoms with van der Waals surface area (Å²) in [5.41, 5.74) is 6.79. The van der Waals surface area contributed by atoms with Gasteiger partial charge in [0.25, 0.3) is 5.91 Å². The monoisotopic (exact) mass is 403 g/mol. The zero-order chi connectivity index (χ0) is 21.3. The van der Waals surface area contributed by atoms with Crippen LogP contribution in [-0.4, -0.2) is 25.3 Å². The van der Waals surface area contributed by atoms with Crippen molar-refractivity contribution in [1.29, 1.82) is 0 Å². The summed E-state index contributed by atoms with van der Waals surface area (Å²) in [5.74, 6) is 0.562. The van der Waals surface area contributed by atoms with E-state index < -0.39 is 0 Å². The van der Waals surface area contributed by atoms with E-state index in [1.807, 2.05) is 48.5 Å². The summed E-state index contributed by atoms with van der Waals surface area (Å²) >= 11 is 0. The summed E-state index contributed by atoms with van der Waals surface area (Å²) in [4.78, 5) is 12.2. The zero-order valence-corrected chi connectivity index (χ0v) is 17.9. The fourth-order valence-electron chi connectivity index (χ4n) is 3.10. The number of hydrogen-bond donors (Lipinski definition) is 2. The lowest BCUT2D eigenvalue weighted by Gasteiger charge is -2.11. The molecule has 0 atom stereocenters. The van der Waals surface area contributed by atoms with Gasteiger partial charge in [0.2, 0.25) is 0 Å². The van der Waals surface area contributed by atoms with Crippen molar-refractivity contribution in [3.8, 4) is 5.75 Å². The highest BCUT2D eigenvalue weighted by atomic mass is 16.5. The first-order valence-electron chi connectivity index (χ1n) is 10.4. The molecule has 0 saturated heterocycles. The average Bonchev–Trinajstić information content (AvgIpc) is 2.75. The van der Waals surface area contributed by atoms with Crippen LogP contribution in [0.4, 0.5) is 5.69 Å². The summed E-state index contributed by atoms with van der Waals surface area (Å²) < 4.78 is 5.95. The van der Waals surface area contributed by atoms with Gasteiger partial charge in [0.15, 0.2) is 0 Å². The Labute approximate surface area is 178 Å². The molecule has 0 saturated carbocycles. The molecular weight excluding hydrogens is 374 g/mol. The second kappa shape index (κ2) is 10.4. The fourth-order valence-corrected chi connectivity index (χ4v) is 3.10. The van der Waals surface area contributed by atoms with E-state index in [-0.39, 0.29) is 12.5 Å². The van der Waals surface area contributed by atoms with Gasteiger partial charge in [-0.05, 0) is 60.4 Å². The number of unbranched alkanes of at least 4 members (excludes halogenated alkanes) is 1. The van der Waals surface area contributed by atoms with Crippen molar-refractivity contribution in [2.75, 3.05) is 18.5 Å². The Kier molecular flexibility index (Phi) is 7.44. The van der Waals surface area contributed by atoms with Gasteiger partial charge >= 0.3 is 0 Å². The number of benzene rings is 3. The number of aryl methyl sites for hydroxylation is 2. The molecule has 156 valence electrons. The number of ether oxygens (including phenoxy) is 1.